The number of pyridine rings is 2. The normalized spacial score (nSPS) is 16.1. The molecule has 1 saturated heterocycles. The van der Waals surface area contributed by atoms with E-state index in [1.165, 1.54) is 42.9 Å². The first-order valence-electron chi connectivity index (χ1n) is 12.2. The van der Waals surface area contributed by atoms with Crippen LogP contribution in [0.3, 0.4) is 0 Å². The molecule has 10 nitrogen and oxygen atoms in total. The van der Waals surface area contributed by atoms with E-state index in [2.05, 4.69) is 35.3 Å². The summed E-state index contributed by atoms with van der Waals surface area (Å²) in [5.41, 5.74) is 1.11. The zero-order valence-corrected chi connectivity index (χ0v) is 21.4. The highest BCUT2D eigenvalue weighted by Gasteiger charge is 2.24. The van der Waals surface area contributed by atoms with Gasteiger partial charge in [-0.05, 0) is 61.3 Å². The minimum absolute atomic E-state index is 0.0129. The molecular weight excluding hydrogens is 528 g/mol. The summed E-state index contributed by atoms with van der Waals surface area (Å²) in [6.07, 6.45) is 7.95. The van der Waals surface area contributed by atoms with Crippen LogP contribution in [0.4, 0.5) is 14.7 Å². The number of nitrogens with one attached hydrogen (secondary N) is 3. The van der Waals surface area contributed by atoms with Gasteiger partial charge < -0.3 is 15.4 Å². The summed E-state index contributed by atoms with van der Waals surface area (Å²) < 4.78 is 61.3. The molecule has 4 heterocycles. The van der Waals surface area contributed by atoms with Crippen LogP contribution in [0.15, 0.2) is 67.3 Å². The predicted molar refractivity (Wildman–Crippen MR) is 141 cm³/mol. The second kappa shape index (κ2) is 12.2. The number of thiol groups is 1. The second-order valence-corrected chi connectivity index (χ2v) is 9.56. The van der Waals surface area contributed by atoms with Crippen LogP contribution < -0.4 is 20.1 Å². The zero-order valence-electron chi connectivity index (χ0n) is 20.6. The predicted octanol–water partition coefficient (Wildman–Crippen LogP) is 3.37. The van der Waals surface area contributed by atoms with E-state index in [0.717, 1.165) is 25.9 Å². The van der Waals surface area contributed by atoms with Crippen molar-refractivity contribution in [3.63, 3.8) is 0 Å². The van der Waals surface area contributed by atoms with Crippen LogP contribution in [0.1, 0.15) is 30.0 Å². The molecule has 0 amide bonds. The smallest absolute Gasteiger partial charge is 0.228 e. The Labute approximate surface area is 225 Å². The van der Waals surface area contributed by atoms with Crippen molar-refractivity contribution < 1.29 is 21.9 Å². The summed E-state index contributed by atoms with van der Waals surface area (Å²) in [7, 11) is -3.12. The first kappa shape index (κ1) is 26.5. The molecule has 0 bridgehead atoms. The minimum atomic E-state index is -3.12. The summed E-state index contributed by atoms with van der Waals surface area (Å²) in [5.74, 6) is -2.52. The van der Waals surface area contributed by atoms with Gasteiger partial charge in [0.15, 0.2) is 11.6 Å². The number of halogens is 2. The van der Waals surface area contributed by atoms with Gasteiger partial charge in [0.05, 0.1) is 17.3 Å². The van der Waals surface area contributed by atoms with Crippen LogP contribution in [0.2, 0.25) is 0 Å². The maximum absolute atomic E-state index is 15.3. The first-order chi connectivity index (χ1) is 19.0. The van der Waals surface area contributed by atoms with Crippen molar-refractivity contribution in [3.05, 3.63) is 90.0 Å². The Balaban J connectivity index is 1.43. The molecule has 1 aliphatic heterocycles. The van der Waals surface area contributed by atoms with E-state index in [0.29, 0.717) is 22.8 Å². The Hall–Kier alpha value is -4.07. The standard InChI is InChI=1S/C26H25F2N7O3S/c27-22-19(24(35-39(36)37)16-7-12-29-13-8-16)5-6-21(23(22)28)38-25-18(4-2-11-31-25)20-9-14-32-26(34-20)33-17-3-1-10-30-15-17/h2,4-9,11-14,17,24,30,39H,1,3,10,15H2,(H,32,33,34)(H,35,36,37)/t17-,24-/m0/s1. The summed E-state index contributed by atoms with van der Waals surface area (Å²) in [5, 5.41) is 6.64. The van der Waals surface area contributed by atoms with E-state index in [9.17, 15) is 8.42 Å². The number of anilines is 1. The minimum Gasteiger partial charge on any atom is -0.435 e. The molecule has 0 aliphatic carbocycles. The van der Waals surface area contributed by atoms with Gasteiger partial charge in [-0.15, -0.1) is 0 Å². The van der Waals surface area contributed by atoms with Gasteiger partial charge in [-0.1, -0.05) is 6.07 Å². The summed E-state index contributed by atoms with van der Waals surface area (Å²) in [4.78, 5) is 17.0. The van der Waals surface area contributed by atoms with Crippen LogP contribution >= 0.6 is 0 Å². The highest BCUT2D eigenvalue weighted by atomic mass is 32.2. The molecule has 1 aromatic carbocycles. The maximum Gasteiger partial charge on any atom is 0.228 e. The molecule has 2 atom stereocenters. The van der Waals surface area contributed by atoms with E-state index in [1.807, 2.05) is 0 Å². The highest BCUT2D eigenvalue weighted by Crippen LogP contribution is 2.35. The maximum atomic E-state index is 15.3. The topological polar surface area (TPSA) is 131 Å². The van der Waals surface area contributed by atoms with Gasteiger partial charge in [0.1, 0.15) is 0 Å². The fraction of sp³-hybridized carbons (Fsp3) is 0.231. The molecule has 1 fully saturated rings. The third-order valence-corrected chi connectivity index (χ3v) is 6.67. The number of rotatable bonds is 9. The van der Waals surface area contributed by atoms with E-state index < -0.39 is 34.3 Å². The largest absolute Gasteiger partial charge is 0.435 e. The van der Waals surface area contributed by atoms with Gasteiger partial charge >= 0.3 is 0 Å². The number of aromatic nitrogens is 4. The number of hydrogen-bond acceptors (Lipinski definition) is 9. The van der Waals surface area contributed by atoms with Crippen LogP contribution in [0.25, 0.3) is 11.3 Å². The van der Waals surface area contributed by atoms with Gasteiger partial charge in [-0.3, -0.25) is 4.98 Å². The van der Waals surface area contributed by atoms with Gasteiger partial charge in [0.25, 0.3) is 0 Å². The number of piperidine rings is 1. The lowest BCUT2D eigenvalue weighted by atomic mass is 9.99. The molecule has 0 unspecified atom stereocenters. The quantitative estimate of drug-likeness (QED) is 0.231. The molecule has 3 aromatic heterocycles. The Bertz CT molecular complexity index is 1510. The van der Waals surface area contributed by atoms with Crippen molar-refractivity contribution >= 4 is 16.8 Å². The lowest BCUT2D eigenvalue weighted by Gasteiger charge is -2.23. The zero-order chi connectivity index (χ0) is 27.2. The van der Waals surface area contributed by atoms with Crippen molar-refractivity contribution in [2.24, 2.45) is 0 Å². The molecule has 202 valence electrons. The van der Waals surface area contributed by atoms with Crippen molar-refractivity contribution in [3.8, 4) is 22.9 Å². The average Bonchev–Trinajstić information content (AvgIpc) is 2.96. The molecule has 4 aromatic rings. The van der Waals surface area contributed by atoms with Gasteiger partial charge in [-0.25, -0.2) is 32.5 Å². The average molecular weight is 554 g/mol. The number of benzene rings is 1. The van der Waals surface area contributed by atoms with Crippen LogP contribution in [0, 0.1) is 11.6 Å². The number of hydrogen-bond donors (Lipinski definition) is 4. The monoisotopic (exact) mass is 553 g/mol. The lowest BCUT2D eigenvalue weighted by molar-refractivity contribution is 0.402. The Morgan fingerprint density at radius 2 is 1.85 bits per heavy atom. The molecule has 5 rings (SSSR count). The van der Waals surface area contributed by atoms with Crippen LogP contribution in [-0.4, -0.2) is 47.5 Å². The van der Waals surface area contributed by atoms with E-state index in [1.54, 1.807) is 24.4 Å². The van der Waals surface area contributed by atoms with E-state index >= 15 is 8.78 Å². The molecule has 1 aliphatic rings. The Morgan fingerprint density at radius 3 is 2.62 bits per heavy atom. The molecular formula is C26H25F2N7O3S. The molecule has 39 heavy (non-hydrogen) atoms. The van der Waals surface area contributed by atoms with Gasteiger partial charge in [0, 0.05) is 42.9 Å². The molecule has 3 N–H and O–H groups in total. The molecule has 0 radical (unpaired) electrons. The highest BCUT2D eigenvalue weighted by molar-refractivity contribution is 7.70. The van der Waals surface area contributed by atoms with Crippen molar-refractivity contribution in [1.82, 2.24) is 30.0 Å². The fourth-order valence-electron chi connectivity index (χ4n) is 4.34. The van der Waals surface area contributed by atoms with Crippen molar-refractivity contribution in [2.75, 3.05) is 18.4 Å². The molecule has 0 saturated carbocycles. The third kappa shape index (κ3) is 6.33. The van der Waals surface area contributed by atoms with E-state index in [-0.39, 0.29) is 17.5 Å². The fourth-order valence-corrected chi connectivity index (χ4v) is 4.84. The first-order valence-corrected chi connectivity index (χ1v) is 13.4. The van der Waals surface area contributed by atoms with Crippen LogP contribution in [-0.2, 0) is 10.9 Å². The lowest BCUT2D eigenvalue weighted by Crippen LogP contribution is -2.38. The summed E-state index contributed by atoms with van der Waals surface area (Å²) in [6.45, 7) is 1.78. The van der Waals surface area contributed by atoms with Crippen molar-refractivity contribution in [1.29, 1.82) is 0 Å². The summed E-state index contributed by atoms with van der Waals surface area (Å²) in [6, 6.07) is 9.59. The Kier molecular flexibility index (Phi) is 8.30. The van der Waals surface area contributed by atoms with Gasteiger partial charge in [0.2, 0.25) is 28.5 Å². The van der Waals surface area contributed by atoms with Crippen molar-refractivity contribution in [2.45, 2.75) is 24.9 Å². The molecule has 13 heteroatoms. The van der Waals surface area contributed by atoms with Crippen LogP contribution in [0.5, 0.6) is 11.6 Å². The third-order valence-electron chi connectivity index (χ3n) is 6.20. The van der Waals surface area contributed by atoms with E-state index in [4.69, 9.17) is 4.74 Å². The SMILES string of the molecule is O=[SH](=O)N[C@@H](c1ccncc1)c1ccc(Oc2ncccc2-c2ccnc(N[C@H]3CCCNC3)n2)c(F)c1F. The Morgan fingerprint density at radius 1 is 1.00 bits per heavy atom. The molecule has 0 spiro atoms. The summed E-state index contributed by atoms with van der Waals surface area (Å²) >= 11 is 0. The number of ether oxygens (including phenoxy) is 1. The van der Waals surface area contributed by atoms with Gasteiger partial charge in [-0.2, -0.15) is 4.39 Å². The number of nitrogens with zero attached hydrogens (tertiary/aromatic N) is 4. The second-order valence-electron chi connectivity index (χ2n) is 8.79.